The highest BCUT2D eigenvalue weighted by molar-refractivity contribution is 6.52. The van der Waals surface area contributed by atoms with Gasteiger partial charge in [0.05, 0.1) is 19.8 Å². The molecule has 0 amide bonds. The fourth-order valence-corrected chi connectivity index (χ4v) is 2.54. The van der Waals surface area contributed by atoms with Gasteiger partial charge in [-0.05, 0) is 30.7 Å². The fourth-order valence-electron chi connectivity index (χ4n) is 2.54. The summed E-state index contributed by atoms with van der Waals surface area (Å²) in [6.07, 6.45) is 0. The van der Waals surface area contributed by atoms with Crippen molar-refractivity contribution in [1.82, 2.24) is 0 Å². The molecule has 3 rings (SSSR count). The maximum atomic E-state index is 12.6. The van der Waals surface area contributed by atoms with Crippen molar-refractivity contribution in [1.29, 1.82) is 0 Å². The Morgan fingerprint density at radius 3 is 2.23 bits per heavy atom. The van der Waals surface area contributed by atoms with Crippen molar-refractivity contribution in [2.45, 2.75) is 6.92 Å². The Hall–Kier alpha value is -2.82. The predicted molar refractivity (Wildman–Crippen MR) is 82.5 cm³/mol. The van der Waals surface area contributed by atoms with Crippen LogP contribution in [-0.2, 0) is 0 Å². The summed E-state index contributed by atoms with van der Waals surface area (Å²) in [5.74, 6) is 0.759. The van der Waals surface area contributed by atoms with Crippen molar-refractivity contribution in [3.8, 4) is 11.5 Å². The van der Waals surface area contributed by atoms with Gasteiger partial charge in [0.15, 0.2) is 0 Å². The van der Waals surface area contributed by atoms with Crippen molar-refractivity contribution in [3.63, 3.8) is 0 Å². The number of fused-ring (bicyclic) bond motifs is 1. The SMILES string of the molecule is COc1cc(OC)cc(C2=[N+]([O-])c3ccc(C)cc3C2=O)c1. The number of carbonyl (C=O) groups is 1. The highest BCUT2D eigenvalue weighted by Gasteiger charge is 2.37. The zero-order chi connectivity index (χ0) is 15.9. The van der Waals surface area contributed by atoms with Gasteiger partial charge in [0.25, 0.3) is 11.5 Å². The Balaban J connectivity index is 2.18. The van der Waals surface area contributed by atoms with Crippen LogP contribution in [0, 0.1) is 12.1 Å². The number of rotatable bonds is 3. The molecule has 2 aromatic rings. The summed E-state index contributed by atoms with van der Waals surface area (Å²) in [6.45, 7) is 1.88. The molecule has 0 aliphatic carbocycles. The molecule has 0 N–H and O–H groups in total. The topological polar surface area (TPSA) is 61.6 Å². The van der Waals surface area contributed by atoms with Crippen LogP contribution in [0.2, 0.25) is 0 Å². The lowest BCUT2D eigenvalue weighted by Gasteiger charge is -2.07. The first-order valence-corrected chi connectivity index (χ1v) is 6.78. The summed E-state index contributed by atoms with van der Waals surface area (Å²) in [5, 5.41) is 12.5. The van der Waals surface area contributed by atoms with Gasteiger partial charge in [-0.1, -0.05) is 6.07 Å². The zero-order valence-corrected chi connectivity index (χ0v) is 12.5. The third kappa shape index (κ3) is 2.11. The third-order valence-electron chi connectivity index (χ3n) is 3.66. The number of benzene rings is 2. The van der Waals surface area contributed by atoms with Gasteiger partial charge >= 0.3 is 0 Å². The number of carbonyl (C=O) groups excluding carboxylic acids is 1. The smallest absolute Gasteiger partial charge is 0.273 e. The van der Waals surface area contributed by atoms with Crippen molar-refractivity contribution in [2.24, 2.45) is 0 Å². The molecule has 0 bridgehead atoms. The summed E-state index contributed by atoms with van der Waals surface area (Å²) < 4.78 is 11.1. The quantitative estimate of drug-likeness (QED) is 0.645. The van der Waals surface area contributed by atoms with Gasteiger partial charge in [-0.15, -0.1) is 0 Å². The molecular weight excluding hydrogens is 282 g/mol. The Morgan fingerprint density at radius 1 is 1.00 bits per heavy atom. The predicted octanol–water partition coefficient (Wildman–Crippen LogP) is 2.84. The van der Waals surface area contributed by atoms with Crippen LogP contribution in [0.5, 0.6) is 11.5 Å². The molecule has 0 fully saturated rings. The van der Waals surface area contributed by atoms with Crippen LogP contribution in [0.4, 0.5) is 5.69 Å². The summed E-state index contributed by atoms with van der Waals surface area (Å²) in [5.41, 5.74) is 2.28. The maximum Gasteiger partial charge on any atom is 0.273 e. The molecule has 5 heteroatoms. The number of hydrogen-bond acceptors (Lipinski definition) is 4. The first-order valence-electron chi connectivity index (χ1n) is 6.78. The van der Waals surface area contributed by atoms with E-state index in [-0.39, 0.29) is 11.5 Å². The summed E-state index contributed by atoms with van der Waals surface area (Å²) >= 11 is 0. The van der Waals surface area contributed by atoms with Gasteiger partial charge in [0.2, 0.25) is 5.69 Å². The van der Waals surface area contributed by atoms with E-state index in [0.717, 1.165) is 5.56 Å². The standard InChI is InChI=1S/C17H15NO4/c1-10-4-5-15-14(6-10)17(19)16(18(15)20)11-7-12(21-2)9-13(8-11)22-3/h4-9H,1-3H3. The van der Waals surface area contributed by atoms with Crippen LogP contribution in [0.15, 0.2) is 36.4 Å². The van der Waals surface area contributed by atoms with E-state index in [1.165, 1.54) is 14.2 Å². The molecule has 1 aliphatic heterocycles. The van der Waals surface area contributed by atoms with Crippen LogP contribution in [0.3, 0.4) is 0 Å². The molecule has 1 aliphatic rings. The van der Waals surface area contributed by atoms with Crippen LogP contribution >= 0.6 is 0 Å². The molecule has 0 unspecified atom stereocenters. The van der Waals surface area contributed by atoms with Gasteiger partial charge in [-0.3, -0.25) is 4.79 Å². The van der Waals surface area contributed by atoms with Crippen LogP contribution in [-0.4, -0.2) is 30.5 Å². The molecule has 0 saturated carbocycles. The van der Waals surface area contributed by atoms with E-state index in [1.807, 2.05) is 13.0 Å². The van der Waals surface area contributed by atoms with E-state index >= 15 is 0 Å². The number of aryl methyl sites for hydroxylation is 1. The summed E-state index contributed by atoms with van der Waals surface area (Å²) in [7, 11) is 3.04. The lowest BCUT2D eigenvalue weighted by atomic mass is 10.0. The van der Waals surface area contributed by atoms with E-state index in [9.17, 15) is 10.0 Å². The Labute approximate surface area is 128 Å². The average molecular weight is 297 g/mol. The normalized spacial score (nSPS) is 13.3. The molecule has 0 aromatic heterocycles. The fraction of sp³-hybridized carbons (Fsp3) is 0.176. The first kappa shape index (κ1) is 14.1. The van der Waals surface area contributed by atoms with E-state index in [0.29, 0.717) is 33.1 Å². The van der Waals surface area contributed by atoms with Gasteiger partial charge in [0, 0.05) is 12.1 Å². The molecule has 0 saturated heterocycles. The Morgan fingerprint density at radius 2 is 1.64 bits per heavy atom. The second kappa shape index (κ2) is 5.18. The molecule has 112 valence electrons. The largest absolute Gasteiger partial charge is 0.618 e. The van der Waals surface area contributed by atoms with E-state index in [4.69, 9.17) is 9.47 Å². The van der Waals surface area contributed by atoms with Crippen molar-refractivity contribution in [2.75, 3.05) is 14.2 Å². The lowest BCUT2D eigenvalue weighted by Crippen LogP contribution is -2.16. The second-order valence-corrected chi connectivity index (χ2v) is 5.09. The first-order chi connectivity index (χ1) is 10.5. The van der Waals surface area contributed by atoms with Gasteiger partial charge < -0.3 is 14.7 Å². The molecule has 22 heavy (non-hydrogen) atoms. The van der Waals surface area contributed by atoms with Crippen molar-refractivity contribution < 1.29 is 19.0 Å². The van der Waals surface area contributed by atoms with Crippen molar-refractivity contribution in [3.05, 3.63) is 58.3 Å². The highest BCUT2D eigenvalue weighted by Crippen LogP contribution is 2.31. The number of nitrogens with zero attached hydrogens (tertiary/aromatic N) is 1. The molecule has 5 nitrogen and oxygen atoms in total. The second-order valence-electron chi connectivity index (χ2n) is 5.09. The molecule has 1 heterocycles. The van der Waals surface area contributed by atoms with Crippen LogP contribution in [0.25, 0.3) is 0 Å². The number of methoxy groups -OCH3 is 2. The molecule has 0 atom stereocenters. The molecule has 0 radical (unpaired) electrons. The number of Topliss-reactive ketones (excluding diaryl/α,β-unsaturated/α-hetero) is 1. The number of hydrogen-bond donors (Lipinski definition) is 0. The molecular formula is C17H15NO4. The molecule has 0 spiro atoms. The minimum atomic E-state index is -0.288. The monoisotopic (exact) mass is 297 g/mol. The molecule has 2 aromatic carbocycles. The van der Waals surface area contributed by atoms with Crippen LogP contribution < -0.4 is 9.47 Å². The summed E-state index contributed by atoms with van der Waals surface area (Å²) in [4.78, 5) is 12.6. The van der Waals surface area contributed by atoms with E-state index in [1.54, 1.807) is 30.3 Å². The van der Waals surface area contributed by atoms with Crippen molar-refractivity contribution >= 4 is 17.2 Å². The summed E-state index contributed by atoms with van der Waals surface area (Å²) in [6, 6.07) is 10.2. The minimum Gasteiger partial charge on any atom is -0.618 e. The van der Waals surface area contributed by atoms with Gasteiger partial charge in [-0.2, -0.15) is 4.74 Å². The third-order valence-corrected chi connectivity index (χ3v) is 3.66. The van der Waals surface area contributed by atoms with Gasteiger partial charge in [-0.25, -0.2) is 0 Å². The Kier molecular flexibility index (Phi) is 3.33. The average Bonchev–Trinajstić information content (AvgIpc) is 2.77. The number of ketones is 1. The Bertz CT molecular complexity index is 786. The van der Waals surface area contributed by atoms with E-state index < -0.39 is 0 Å². The van der Waals surface area contributed by atoms with Gasteiger partial charge in [0.1, 0.15) is 17.1 Å². The highest BCUT2D eigenvalue weighted by atomic mass is 16.5. The minimum absolute atomic E-state index is 0.0813. The maximum absolute atomic E-state index is 12.6. The zero-order valence-electron chi connectivity index (χ0n) is 12.5. The number of ether oxygens (including phenoxy) is 2. The lowest BCUT2D eigenvalue weighted by molar-refractivity contribution is -0.355. The van der Waals surface area contributed by atoms with E-state index in [2.05, 4.69) is 0 Å². The van der Waals surface area contributed by atoms with Crippen LogP contribution in [0.1, 0.15) is 21.5 Å².